The molecule has 15 heavy (non-hydrogen) atoms. The summed E-state index contributed by atoms with van der Waals surface area (Å²) in [6.45, 7) is 0.776. The minimum Gasteiger partial charge on any atom is -0.393 e. The first-order valence-electron chi connectivity index (χ1n) is 5.11. The van der Waals surface area contributed by atoms with Gasteiger partial charge in [-0.05, 0) is 6.42 Å². The van der Waals surface area contributed by atoms with Crippen LogP contribution in [0, 0.1) is 0 Å². The van der Waals surface area contributed by atoms with E-state index in [0.29, 0.717) is 18.9 Å². The van der Waals surface area contributed by atoms with E-state index in [0.717, 1.165) is 6.61 Å². The van der Waals surface area contributed by atoms with Gasteiger partial charge in [-0.15, -0.1) is 0 Å². The van der Waals surface area contributed by atoms with Crippen molar-refractivity contribution in [2.45, 2.75) is 31.1 Å². The van der Waals surface area contributed by atoms with Crippen LogP contribution in [0.15, 0.2) is 0 Å². The number of ether oxygens (including phenoxy) is 1. The van der Waals surface area contributed by atoms with Crippen LogP contribution in [-0.2, 0) is 18.0 Å². The summed E-state index contributed by atoms with van der Waals surface area (Å²) in [6, 6.07) is 0.629. The molecule has 0 spiro atoms. The average Bonchev–Trinajstić information content (AvgIpc) is 3.05. The summed E-state index contributed by atoms with van der Waals surface area (Å²) in [5, 5.41) is 9.69. The molecule has 0 aromatic heterocycles. The number of rotatable bonds is 8. The number of epoxide rings is 1. The van der Waals surface area contributed by atoms with E-state index in [1.165, 1.54) is 0 Å². The quantitative estimate of drug-likeness (QED) is 0.488. The van der Waals surface area contributed by atoms with Crippen molar-refractivity contribution in [3.05, 3.63) is 0 Å². The third-order valence-electron chi connectivity index (χ3n) is 2.65. The van der Waals surface area contributed by atoms with Crippen molar-refractivity contribution in [1.29, 1.82) is 0 Å². The third kappa shape index (κ3) is 4.18. The largest absolute Gasteiger partial charge is 0.500 e. The van der Waals surface area contributed by atoms with Crippen molar-refractivity contribution >= 4 is 8.80 Å². The Balaban J connectivity index is 2.24. The first kappa shape index (κ1) is 13.1. The van der Waals surface area contributed by atoms with E-state index in [2.05, 4.69) is 0 Å². The second-order valence-electron chi connectivity index (χ2n) is 3.68. The minimum atomic E-state index is -2.51. The van der Waals surface area contributed by atoms with Gasteiger partial charge in [-0.3, -0.25) is 0 Å². The van der Waals surface area contributed by atoms with E-state index in [1.807, 2.05) is 0 Å². The molecule has 0 aromatic carbocycles. The second kappa shape index (κ2) is 5.93. The van der Waals surface area contributed by atoms with Crippen molar-refractivity contribution in [3.8, 4) is 0 Å². The van der Waals surface area contributed by atoms with Gasteiger partial charge in [0.2, 0.25) is 0 Å². The molecule has 0 aromatic rings. The molecule has 0 aliphatic carbocycles. The number of hydrogen-bond donors (Lipinski definition) is 1. The number of hydrogen-bond acceptors (Lipinski definition) is 5. The highest BCUT2D eigenvalue weighted by molar-refractivity contribution is 6.60. The van der Waals surface area contributed by atoms with E-state index >= 15 is 0 Å². The van der Waals surface area contributed by atoms with Crippen LogP contribution in [0.2, 0.25) is 6.04 Å². The van der Waals surface area contributed by atoms with Crippen molar-refractivity contribution < 1.29 is 23.1 Å². The molecule has 1 N–H and O–H groups in total. The van der Waals surface area contributed by atoms with Crippen LogP contribution in [-0.4, -0.2) is 54.1 Å². The van der Waals surface area contributed by atoms with Crippen LogP contribution in [0.3, 0.4) is 0 Å². The normalized spacial score (nSPS) is 22.8. The zero-order chi connectivity index (χ0) is 11.3. The Morgan fingerprint density at radius 3 is 2.27 bits per heavy atom. The lowest BCUT2D eigenvalue weighted by molar-refractivity contribution is 0.105. The summed E-state index contributed by atoms with van der Waals surface area (Å²) in [5.74, 6) is 0. The van der Waals surface area contributed by atoms with Gasteiger partial charge in [-0.2, -0.15) is 0 Å². The van der Waals surface area contributed by atoms with E-state index in [-0.39, 0.29) is 12.2 Å². The summed E-state index contributed by atoms with van der Waals surface area (Å²) in [6.07, 6.45) is 1.22. The Morgan fingerprint density at radius 1 is 1.33 bits per heavy atom. The summed E-state index contributed by atoms with van der Waals surface area (Å²) in [5.41, 5.74) is 0. The fourth-order valence-corrected chi connectivity index (χ4v) is 3.32. The fraction of sp³-hybridized carbons (Fsp3) is 1.00. The lowest BCUT2D eigenvalue weighted by Crippen LogP contribution is -2.43. The molecule has 1 heterocycles. The molecule has 5 nitrogen and oxygen atoms in total. The molecule has 1 rings (SSSR count). The molecule has 1 aliphatic heterocycles. The topological polar surface area (TPSA) is 60.5 Å². The monoisotopic (exact) mass is 236 g/mol. The van der Waals surface area contributed by atoms with Crippen molar-refractivity contribution in [1.82, 2.24) is 0 Å². The van der Waals surface area contributed by atoms with Crippen LogP contribution in [0.1, 0.15) is 12.8 Å². The predicted octanol–water partition coefficient (Wildman–Crippen LogP) is 0.404. The van der Waals surface area contributed by atoms with Gasteiger partial charge in [0.15, 0.2) is 0 Å². The molecule has 1 aliphatic rings. The van der Waals surface area contributed by atoms with Crippen LogP contribution < -0.4 is 0 Å². The molecule has 90 valence electrons. The van der Waals surface area contributed by atoms with Crippen molar-refractivity contribution in [3.63, 3.8) is 0 Å². The minimum absolute atomic E-state index is 0.253. The van der Waals surface area contributed by atoms with Gasteiger partial charge < -0.3 is 23.1 Å². The molecule has 0 bridgehead atoms. The smallest absolute Gasteiger partial charge is 0.393 e. The Morgan fingerprint density at radius 2 is 1.87 bits per heavy atom. The first-order chi connectivity index (χ1) is 7.15. The third-order valence-corrected chi connectivity index (χ3v) is 5.42. The van der Waals surface area contributed by atoms with E-state index in [1.54, 1.807) is 21.3 Å². The maximum Gasteiger partial charge on any atom is 0.500 e. The van der Waals surface area contributed by atoms with Gasteiger partial charge in [0.1, 0.15) is 0 Å². The first-order valence-corrected chi connectivity index (χ1v) is 7.04. The Hall–Kier alpha value is 0.0169. The SMILES string of the molecule is CO[Si](CCC(O)CC1CO1)(OC)OC. The van der Waals surface area contributed by atoms with Gasteiger partial charge in [0, 0.05) is 33.8 Å². The lowest BCUT2D eigenvalue weighted by Gasteiger charge is -2.25. The molecular weight excluding hydrogens is 216 g/mol. The predicted molar refractivity (Wildman–Crippen MR) is 56.6 cm³/mol. The fourth-order valence-electron chi connectivity index (χ4n) is 1.53. The zero-order valence-electron chi connectivity index (χ0n) is 9.56. The lowest BCUT2D eigenvalue weighted by atomic mass is 10.2. The summed E-state index contributed by atoms with van der Waals surface area (Å²) >= 11 is 0. The molecule has 6 heteroatoms. The van der Waals surface area contributed by atoms with Crippen LogP contribution in [0.25, 0.3) is 0 Å². The van der Waals surface area contributed by atoms with Crippen LogP contribution in [0.5, 0.6) is 0 Å². The average molecular weight is 236 g/mol. The highest BCUT2D eigenvalue weighted by atomic mass is 28.4. The van der Waals surface area contributed by atoms with E-state index in [9.17, 15) is 5.11 Å². The van der Waals surface area contributed by atoms with Crippen LogP contribution in [0.4, 0.5) is 0 Å². The molecule has 1 saturated heterocycles. The number of aliphatic hydroxyl groups is 1. The standard InChI is InChI=1S/C9H20O5Si/c1-11-15(12-2,13-3)5-4-8(10)6-9-7-14-9/h8-10H,4-7H2,1-3H3. The molecule has 2 unspecified atom stereocenters. The second-order valence-corrected chi connectivity index (χ2v) is 6.77. The Bertz CT molecular complexity index is 173. The van der Waals surface area contributed by atoms with Gasteiger partial charge in [-0.25, -0.2) is 0 Å². The van der Waals surface area contributed by atoms with Crippen LogP contribution >= 0.6 is 0 Å². The van der Waals surface area contributed by atoms with Gasteiger partial charge in [-0.1, -0.05) is 0 Å². The van der Waals surface area contributed by atoms with Crippen molar-refractivity contribution in [2.24, 2.45) is 0 Å². The Kier molecular flexibility index (Phi) is 5.17. The van der Waals surface area contributed by atoms with Gasteiger partial charge >= 0.3 is 8.80 Å². The highest BCUT2D eigenvalue weighted by Gasteiger charge is 2.38. The van der Waals surface area contributed by atoms with E-state index < -0.39 is 8.80 Å². The molecular formula is C9H20O5Si. The molecule has 0 radical (unpaired) electrons. The summed E-state index contributed by atoms with van der Waals surface area (Å²) in [4.78, 5) is 0. The molecule has 1 fully saturated rings. The molecule has 0 amide bonds. The maximum atomic E-state index is 9.69. The zero-order valence-corrected chi connectivity index (χ0v) is 10.6. The maximum absolute atomic E-state index is 9.69. The molecule has 2 atom stereocenters. The van der Waals surface area contributed by atoms with E-state index in [4.69, 9.17) is 18.0 Å². The summed E-state index contributed by atoms with van der Waals surface area (Å²) < 4.78 is 20.8. The van der Waals surface area contributed by atoms with Crippen molar-refractivity contribution in [2.75, 3.05) is 27.9 Å². The Labute approximate surface area is 91.7 Å². The number of aliphatic hydroxyl groups excluding tert-OH is 1. The van der Waals surface area contributed by atoms with Gasteiger partial charge in [0.25, 0.3) is 0 Å². The molecule has 0 saturated carbocycles. The van der Waals surface area contributed by atoms with Gasteiger partial charge in [0.05, 0.1) is 18.8 Å². The highest BCUT2D eigenvalue weighted by Crippen LogP contribution is 2.21. The summed E-state index contributed by atoms with van der Waals surface area (Å²) in [7, 11) is 2.23.